The van der Waals surface area contributed by atoms with Gasteiger partial charge < -0.3 is 0 Å². The van der Waals surface area contributed by atoms with Crippen molar-refractivity contribution < 1.29 is 0 Å². The van der Waals surface area contributed by atoms with Crippen LogP contribution in [0.4, 0.5) is 0 Å². The van der Waals surface area contributed by atoms with Gasteiger partial charge in [-0.3, -0.25) is 0 Å². The Kier molecular flexibility index (Phi) is 1.42. The van der Waals surface area contributed by atoms with Crippen LogP contribution in [-0.2, 0) is 0 Å². The Morgan fingerprint density at radius 1 is 1.55 bits per heavy atom. The summed E-state index contributed by atoms with van der Waals surface area (Å²) in [5.41, 5.74) is 2.19. The Labute approximate surface area is 69.7 Å². The average molecular weight is 150 g/mol. The van der Waals surface area contributed by atoms with Gasteiger partial charge in [-0.1, -0.05) is 19.1 Å². The van der Waals surface area contributed by atoms with Crippen LogP contribution in [0.5, 0.6) is 0 Å². The van der Waals surface area contributed by atoms with E-state index in [-0.39, 0.29) is 0 Å². The van der Waals surface area contributed by atoms with Crippen molar-refractivity contribution in [1.29, 1.82) is 0 Å². The second-order valence-electron chi connectivity index (χ2n) is 4.87. The van der Waals surface area contributed by atoms with Crippen molar-refractivity contribution in [3.63, 3.8) is 0 Å². The van der Waals surface area contributed by atoms with E-state index in [9.17, 15) is 0 Å². The van der Waals surface area contributed by atoms with Crippen molar-refractivity contribution in [3.05, 3.63) is 12.2 Å². The molecule has 2 aliphatic carbocycles. The third-order valence-electron chi connectivity index (χ3n) is 3.87. The number of hydrogen-bond donors (Lipinski definition) is 0. The summed E-state index contributed by atoms with van der Waals surface area (Å²) in [5, 5.41) is 0. The van der Waals surface area contributed by atoms with Gasteiger partial charge in [-0.15, -0.1) is 0 Å². The molecule has 0 heteroatoms. The van der Waals surface area contributed by atoms with Crippen molar-refractivity contribution in [2.24, 2.45) is 17.3 Å². The van der Waals surface area contributed by atoms with E-state index in [1.165, 1.54) is 31.3 Å². The topological polar surface area (TPSA) is 0 Å². The molecular weight excluding hydrogens is 132 g/mol. The minimum Gasteiger partial charge on any atom is -0.0999 e. The molecule has 0 aliphatic heterocycles. The first kappa shape index (κ1) is 7.39. The largest absolute Gasteiger partial charge is 0.0999 e. The van der Waals surface area contributed by atoms with Crippen molar-refractivity contribution in [2.45, 2.75) is 39.5 Å². The molecule has 2 aliphatic rings. The highest BCUT2D eigenvalue weighted by molar-refractivity contribution is 5.09. The molecule has 0 aromatic rings. The van der Waals surface area contributed by atoms with Gasteiger partial charge in [0, 0.05) is 0 Å². The van der Waals surface area contributed by atoms with E-state index < -0.39 is 0 Å². The first-order chi connectivity index (χ1) is 5.12. The van der Waals surface area contributed by atoms with Crippen LogP contribution in [0.2, 0.25) is 0 Å². The molecular formula is C11H18. The van der Waals surface area contributed by atoms with Gasteiger partial charge in [0.1, 0.15) is 0 Å². The highest BCUT2D eigenvalue weighted by Gasteiger charge is 2.52. The monoisotopic (exact) mass is 150 g/mol. The molecule has 0 bridgehead atoms. The minimum atomic E-state index is 0.770. The zero-order valence-corrected chi connectivity index (χ0v) is 7.69. The number of hydrogen-bond acceptors (Lipinski definition) is 0. The Bertz CT molecular complexity index is 192. The maximum Gasteiger partial charge on any atom is -0.0206 e. The normalized spacial score (nSPS) is 48.2. The molecule has 2 rings (SSSR count). The van der Waals surface area contributed by atoms with Gasteiger partial charge in [0.05, 0.1) is 0 Å². The fourth-order valence-electron chi connectivity index (χ4n) is 2.59. The first-order valence-corrected chi connectivity index (χ1v) is 4.77. The zero-order valence-electron chi connectivity index (χ0n) is 7.69. The Morgan fingerprint density at radius 2 is 2.27 bits per heavy atom. The first-order valence-electron chi connectivity index (χ1n) is 4.77. The molecule has 0 heterocycles. The molecule has 0 saturated heterocycles. The fraction of sp³-hybridized carbons (Fsp3) is 0.818. The number of allylic oxidation sites excluding steroid dienone is 1. The lowest BCUT2D eigenvalue weighted by Gasteiger charge is -2.25. The summed E-state index contributed by atoms with van der Waals surface area (Å²) >= 11 is 0. The molecule has 11 heavy (non-hydrogen) atoms. The average Bonchev–Trinajstić information content (AvgIpc) is 2.58. The molecule has 0 radical (unpaired) electrons. The lowest BCUT2D eigenvalue weighted by molar-refractivity contribution is 0.307. The second kappa shape index (κ2) is 2.12. The van der Waals surface area contributed by atoms with Crippen molar-refractivity contribution >= 4 is 0 Å². The van der Waals surface area contributed by atoms with E-state index in [1.807, 2.05) is 0 Å². The van der Waals surface area contributed by atoms with E-state index in [2.05, 4.69) is 20.4 Å². The molecule has 3 atom stereocenters. The molecule has 62 valence electrons. The Hall–Kier alpha value is -0.260. The van der Waals surface area contributed by atoms with Crippen LogP contribution in [0.25, 0.3) is 0 Å². The summed E-state index contributed by atoms with van der Waals surface area (Å²) in [7, 11) is 0. The third-order valence-corrected chi connectivity index (χ3v) is 3.87. The van der Waals surface area contributed by atoms with Crippen molar-refractivity contribution in [3.8, 4) is 0 Å². The number of fused-ring (bicyclic) bond motifs is 1. The highest BCUT2D eigenvalue weighted by atomic mass is 14.6. The summed E-state index contributed by atoms with van der Waals surface area (Å²) in [6, 6.07) is 0. The standard InChI is InChI=1S/C11H18/c1-8(2)9-4-5-11(3)7-10(11)6-9/h9-10H,1,4-7H2,2-3H3/t9-,10+,11-/m0/s1. The van der Waals surface area contributed by atoms with Gasteiger partial charge in [-0.25, -0.2) is 0 Å². The number of rotatable bonds is 1. The van der Waals surface area contributed by atoms with Crippen LogP contribution in [0, 0.1) is 17.3 Å². The van der Waals surface area contributed by atoms with Gasteiger partial charge >= 0.3 is 0 Å². The van der Waals surface area contributed by atoms with Crippen LogP contribution in [-0.4, -0.2) is 0 Å². The molecule has 0 spiro atoms. The summed E-state index contributed by atoms with van der Waals surface area (Å²) in [6.45, 7) is 8.70. The van der Waals surface area contributed by atoms with Gasteiger partial charge in [-0.2, -0.15) is 0 Å². The van der Waals surface area contributed by atoms with Crippen LogP contribution in [0.3, 0.4) is 0 Å². The van der Waals surface area contributed by atoms with Gasteiger partial charge in [-0.05, 0) is 49.9 Å². The Morgan fingerprint density at radius 3 is 2.82 bits per heavy atom. The van der Waals surface area contributed by atoms with E-state index in [0.717, 1.165) is 17.3 Å². The summed E-state index contributed by atoms with van der Waals surface area (Å²) in [5.74, 6) is 1.91. The molecule has 0 nitrogen and oxygen atoms in total. The van der Waals surface area contributed by atoms with Gasteiger partial charge in [0.2, 0.25) is 0 Å². The quantitative estimate of drug-likeness (QED) is 0.503. The molecule has 0 N–H and O–H groups in total. The van der Waals surface area contributed by atoms with Crippen molar-refractivity contribution in [1.82, 2.24) is 0 Å². The van der Waals surface area contributed by atoms with Crippen LogP contribution in [0.1, 0.15) is 39.5 Å². The SMILES string of the molecule is C=C(C)[C@H]1CC[C@@]2(C)C[C@H]2C1. The molecule has 0 unspecified atom stereocenters. The maximum atomic E-state index is 4.05. The lowest BCUT2D eigenvalue weighted by Crippen LogP contribution is -2.14. The summed E-state index contributed by atoms with van der Waals surface area (Å²) in [4.78, 5) is 0. The molecule has 0 amide bonds. The molecule has 2 saturated carbocycles. The fourth-order valence-corrected chi connectivity index (χ4v) is 2.59. The van der Waals surface area contributed by atoms with Gasteiger partial charge in [0.25, 0.3) is 0 Å². The van der Waals surface area contributed by atoms with Gasteiger partial charge in [0.15, 0.2) is 0 Å². The maximum absolute atomic E-state index is 4.05. The van der Waals surface area contributed by atoms with Crippen molar-refractivity contribution in [2.75, 3.05) is 0 Å². The third kappa shape index (κ3) is 1.13. The van der Waals surface area contributed by atoms with E-state index in [1.54, 1.807) is 0 Å². The Balaban J connectivity index is 1.98. The molecule has 0 aromatic carbocycles. The van der Waals surface area contributed by atoms with E-state index in [4.69, 9.17) is 0 Å². The van der Waals surface area contributed by atoms with Crippen LogP contribution < -0.4 is 0 Å². The predicted octanol–water partition coefficient (Wildman–Crippen LogP) is 3.39. The zero-order chi connectivity index (χ0) is 8.06. The predicted molar refractivity (Wildman–Crippen MR) is 48.4 cm³/mol. The highest BCUT2D eigenvalue weighted by Crippen LogP contribution is 2.62. The second-order valence-corrected chi connectivity index (χ2v) is 4.87. The molecule has 0 aromatic heterocycles. The van der Waals surface area contributed by atoms with E-state index in [0.29, 0.717) is 0 Å². The smallest absolute Gasteiger partial charge is 0.0206 e. The summed E-state index contributed by atoms with van der Waals surface area (Å²) in [6.07, 6.45) is 5.79. The summed E-state index contributed by atoms with van der Waals surface area (Å²) < 4.78 is 0. The van der Waals surface area contributed by atoms with Crippen LogP contribution in [0.15, 0.2) is 12.2 Å². The molecule has 2 fully saturated rings. The van der Waals surface area contributed by atoms with Crippen LogP contribution >= 0.6 is 0 Å². The van der Waals surface area contributed by atoms with E-state index >= 15 is 0 Å². The lowest BCUT2D eigenvalue weighted by atomic mass is 9.80. The minimum absolute atomic E-state index is 0.770.